The van der Waals surface area contributed by atoms with Gasteiger partial charge in [0.2, 0.25) is 0 Å². The van der Waals surface area contributed by atoms with Gasteiger partial charge in [-0.3, -0.25) is 0 Å². The predicted molar refractivity (Wildman–Crippen MR) is 121 cm³/mol. The van der Waals surface area contributed by atoms with Crippen molar-refractivity contribution in [3.63, 3.8) is 0 Å². The van der Waals surface area contributed by atoms with Crippen LogP contribution in [0.2, 0.25) is 0 Å². The molecule has 1 aromatic carbocycles. The number of nitrogens with one attached hydrogen (secondary N) is 2. The average molecular weight is 542 g/mol. The summed E-state index contributed by atoms with van der Waals surface area (Å²) in [5, 5.41) is 7.27. The lowest BCUT2D eigenvalue weighted by molar-refractivity contribution is -0.153. The zero-order valence-electron chi connectivity index (χ0n) is 16.6. The molecule has 0 radical (unpaired) electrons. The van der Waals surface area contributed by atoms with Crippen LogP contribution in [0.15, 0.2) is 29.4 Å². The van der Waals surface area contributed by atoms with Crippen molar-refractivity contribution in [2.45, 2.75) is 46.5 Å². The smallest absolute Gasteiger partial charge is 0.422 e. The third kappa shape index (κ3) is 9.20. The van der Waals surface area contributed by atoms with Crippen molar-refractivity contribution in [2.24, 2.45) is 4.99 Å². The first-order chi connectivity index (χ1) is 13.3. The molecular formula is C19H26F3IN4OS. The summed E-state index contributed by atoms with van der Waals surface area (Å²) >= 11 is 1.64. The number of hydrogen-bond donors (Lipinski definition) is 2. The number of nitrogens with zero attached hydrogens (tertiary/aromatic N) is 2. The molecule has 0 aliphatic heterocycles. The number of alkyl halides is 3. The van der Waals surface area contributed by atoms with Crippen LogP contribution in [0.5, 0.6) is 5.75 Å². The van der Waals surface area contributed by atoms with Gasteiger partial charge in [0.1, 0.15) is 10.8 Å². The van der Waals surface area contributed by atoms with Gasteiger partial charge >= 0.3 is 6.18 Å². The Morgan fingerprint density at radius 3 is 2.62 bits per heavy atom. The lowest BCUT2D eigenvalue weighted by Crippen LogP contribution is -2.36. The van der Waals surface area contributed by atoms with Crippen molar-refractivity contribution in [1.29, 1.82) is 0 Å². The van der Waals surface area contributed by atoms with Crippen LogP contribution in [-0.2, 0) is 19.5 Å². The lowest BCUT2D eigenvalue weighted by atomic mass is 10.1. The molecule has 10 heteroatoms. The SMILES string of the molecule is CCNC(=NCc1ccc(C)cc1OCC(F)(F)F)NCc1ncc(CC)s1.I. The number of rotatable bonds is 8. The number of aryl methyl sites for hydroxylation is 2. The molecule has 0 saturated heterocycles. The van der Waals surface area contributed by atoms with E-state index in [4.69, 9.17) is 4.74 Å². The van der Waals surface area contributed by atoms with Crippen LogP contribution in [0.1, 0.15) is 34.9 Å². The molecule has 1 aromatic heterocycles. The second-order valence-corrected chi connectivity index (χ2v) is 7.34. The highest BCUT2D eigenvalue weighted by atomic mass is 127. The maximum atomic E-state index is 12.5. The lowest BCUT2D eigenvalue weighted by Gasteiger charge is -2.14. The molecule has 162 valence electrons. The van der Waals surface area contributed by atoms with Crippen molar-refractivity contribution in [3.8, 4) is 5.75 Å². The van der Waals surface area contributed by atoms with Gasteiger partial charge in [-0.1, -0.05) is 19.1 Å². The summed E-state index contributed by atoms with van der Waals surface area (Å²) in [7, 11) is 0. The van der Waals surface area contributed by atoms with Crippen LogP contribution in [0.25, 0.3) is 0 Å². The Bertz CT molecular complexity index is 796. The molecule has 0 aliphatic carbocycles. The third-order valence-electron chi connectivity index (χ3n) is 3.72. The van der Waals surface area contributed by atoms with Gasteiger partial charge < -0.3 is 15.4 Å². The van der Waals surface area contributed by atoms with Gasteiger partial charge in [0.05, 0.1) is 13.1 Å². The molecule has 5 nitrogen and oxygen atoms in total. The zero-order valence-corrected chi connectivity index (χ0v) is 19.7. The first-order valence-corrected chi connectivity index (χ1v) is 9.87. The van der Waals surface area contributed by atoms with Crippen LogP contribution < -0.4 is 15.4 Å². The van der Waals surface area contributed by atoms with E-state index < -0.39 is 12.8 Å². The standard InChI is InChI=1S/C19H25F3N4OS.HI/c1-4-15-10-24-17(28-15)11-26-18(23-5-2)25-9-14-7-6-13(3)8-16(14)27-12-19(20,21)22;/h6-8,10H,4-5,9,11-12H2,1-3H3,(H2,23,25,26);1H. The molecule has 0 atom stereocenters. The molecular weight excluding hydrogens is 516 g/mol. The maximum Gasteiger partial charge on any atom is 0.422 e. The minimum absolute atomic E-state index is 0. The molecule has 0 spiro atoms. The van der Waals surface area contributed by atoms with Crippen molar-refractivity contribution < 1.29 is 17.9 Å². The monoisotopic (exact) mass is 542 g/mol. The highest BCUT2D eigenvalue weighted by Crippen LogP contribution is 2.24. The fraction of sp³-hybridized carbons (Fsp3) is 0.474. The number of aromatic nitrogens is 1. The Morgan fingerprint density at radius 1 is 1.24 bits per heavy atom. The van der Waals surface area contributed by atoms with Crippen LogP contribution in [0.3, 0.4) is 0 Å². The van der Waals surface area contributed by atoms with E-state index in [1.165, 1.54) is 4.88 Å². The van der Waals surface area contributed by atoms with Gasteiger partial charge in [-0.05, 0) is 31.9 Å². The molecule has 0 saturated carbocycles. The average Bonchev–Trinajstić information content (AvgIpc) is 3.11. The molecule has 2 N–H and O–H groups in total. The summed E-state index contributed by atoms with van der Waals surface area (Å²) in [5.41, 5.74) is 1.42. The summed E-state index contributed by atoms with van der Waals surface area (Å²) in [4.78, 5) is 10.0. The van der Waals surface area contributed by atoms with Crippen molar-refractivity contribution in [2.75, 3.05) is 13.2 Å². The largest absolute Gasteiger partial charge is 0.484 e. The predicted octanol–water partition coefficient (Wildman–Crippen LogP) is 4.83. The van der Waals surface area contributed by atoms with Crippen molar-refractivity contribution in [3.05, 3.63) is 45.4 Å². The van der Waals surface area contributed by atoms with E-state index in [9.17, 15) is 13.2 Å². The van der Waals surface area contributed by atoms with Crippen LogP contribution in [0.4, 0.5) is 13.2 Å². The summed E-state index contributed by atoms with van der Waals surface area (Å²) in [6.07, 6.45) is -1.58. The maximum absolute atomic E-state index is 12.5. The van der Waals surface area contributed by atoms with Crippen molar-refractivity contribution in [1.82, 2.24) is 15.6 Å². The van der Waals surface area contributed by atoms with Crippen LogP contribution in [-0.4, -0.2) is 30.3 Å². The van der Waals surface area contributed by atoms with Gasteiger partial charge in [0.15, 0.2) is 12.6 Å². The number of ether oxygens (including phenoxy) is 1. The number of aliphatic imine (C=N–C) groups is 1. The molecule has 0 aliphatic rings. The van der Waals surface area contributed by atoms with E-state index >= 15 is 0 Å². The fourth-order valence-electron chi connectivity index (χ4n) is 2.34. The zero-order chi connectivity index (χ0) is 20.6. The van der Waals surface area contributed by atoms with Crippen molar-refractivity contribution >= 4 is 41.3 Å². The Kier molecular flexibility index (Phi) is 10.7. The summed E-state index contributed by atoms with van der Waals surface area (Å²) in [6.45, 7) is 5.89. The van der Waals surface area contributed by atoms with Crippen LogP contribution >= 0.6 is 35.3 Å². The van der Waals surface area contributed by atoms with E-state index in [2.05, 4.69) is 27.5 Å². The normalized spacial score (nSPS) is 11.7. The van der Waals surface area contributed by atoms with Gasteiger partial charge in [0.25, 0.3) is 0 Å². The molecule has 2 rings (SSSR count). The second-order valence-electron chi connectivity index (χ2n) is 6.14. The highest BCUT2D eigenvalue weighted by molar-refractivity contribution is 14.0. The molecule has 1 heterocycles. The first-order valence-electron chi connectivity index (χ1n) is 9.05. The highest BCUT2D eigenvalue weighted by Gasteiger charge is 2.28. The first kappa shape index (κ1) is 25.5. The fourth-order valence-corrected chi connectivity index (χ4v) is 3.15. The Labute approximate surface area is 190 Å². The van der Waals surface area contributed by atoms with E-state index in [1.54, 1.807) is 30.4 Å². The van der Waals surface area contributed by atoms with E-state index in [1.807, 2.05) is 19.2 Å². The minimum Gasteiger partial charge on any atom is -0.484 e. The molecule has 0 bridgehead atoms. The molecule has 0 fully saturated rings. The van der Waals surface area contributed by atoms with Crippen LogP contribution in [0, 0.1) is 6.92 Å². The quantitative estimate of drug-likeness (QED) is 0.285. The third-order valence-corrected chi connectivity index (χ3v) is 4.86. The number of benzene rings is 1. The van der Waals surface area contributed by atoms with Gasteiger partial charge in [-0.25, -0.2) is 9.98 Å². The summed E-state index contributed by atoms with van der Waals surface area (Å²) in [5.74, 6) is 0.766. The number of guanidine groups is 1. The number of halogens is 4. The molecule has 2 aromatic rings. The van der Waals surface area contributed by atoms with E-state index in [0.717, 1.165) is 17.0 Å². The topological polar surface area (TPSA) is 58.5 Å². The van der Waals surface area contributed by atoms with Gasteiger partial charge in [-0.15, -0.1) is 35.3 Å². The molecule has 29 heavy (non-hydrogen) atoms. The molecule has 0 amide bonds. The minimum atomic E-state index is -4.38. The van der Waals surface area contributed by atoms with E-state index in [-0.39, 0.29) is 36.3 Å². The van der Waals surface area contributed by atoms with Gasteiger partial charge in [-0.2, -0.15) is 13.2 Å². The molecule has 0 unspecified atom stereocenters. The Balaban J connectivity index is 0.00000420. The van der Waals surface area contributed by atoms with E-state index in [0.29, 0.717) is 24.6 Å². The second kappa shape index (κ2) is 12.2. The summed E-state index contributed by atoms with van der Waals surface area (Å²) in [6, 6.07) is 5.16. The number of hydrogen-bond acceptors (Lipinski definition) is 4. The Hall–Kier alpha value is -1.56. The van der Waals surface area contributed by atoms with Gasteiger partial charge in [0, 0.05) is 23.2 Å². The Morgan fingerprint density at radius 2 is 2.00 bits per heavy atom. The summed E-state index contributed by atoms with van der Waals surface area (Å²) < 4.78 is 42.5. The number of thiazole rings is 1.